The second-order valence-corrected chi connectivity index (χ2v) is 9.56. The van der Waals surface area contributed by atoms with Crippen LogP contribution in [0.25, 0.3) is 0 Å². The van der Waals surface area contributed by atoms with Crippen molar-refractivity contribution in [2.75, 3.05) is 5.32 Å². The van der Waals surface area contributed by atoms with Crippen molar-refractivity contribution in [2.24, 2.45) is 4.99 Å². The number of carbonyl (C=O) groups is 2. The first-order chi connectivity index (χ1) is 15.9. The second-order valence-electron chi connectivity index (χ2n) is 7.60. The van der Waals surface area contributed by atoms with E-state index >= 15 is 0 Å². The van der Waals surface area contributed by atoms with E-state index in [0.717, 1.165) is 16.8 Å². The molecule has 1 saturated heterocycles. The molecule has 0 spiro atoms. The van der Waals surface area contributed by atoms with Gasteiger partial charge in [-0.3, -0.25) is 14.5 Å². The highest BCUT2D eigenvalue weighted by molar-refractivity contribution is 8.15. The quantitative estimate of drug-likeness (QED) is 0.424. The van der Waals surface area contributed by atoms with E-state index in [-0.39, 0.29) is 23.3 Å². The van der Waals surface area contributed by atoms with E-state index in [1.807, 2.05) is 61.5 Å². The summed E-state index contributed by atoms with van der Waals surface area (Å²) in [5, 5.41) is 3.36. The Morgan fingerprint density at radius 2 is 1.76 bits per heavy atom. The molecule has 3 aromatic rings. The molecule has 0 radical (unpaired) electrons. The molecule has 0 aromatic heterocycles. The van der Waals surface area contributed by atoms with E-state index in [0.29, 0.717) is 22.4 Å². The molecule has 1 fully saturated rings. The van der Waals surface area contributed by atoms with Crippen molar-refractivity contribution < 1.29 is 9.59 Å². The van der Waals surface area contributed by atoms with Crippen LogP contribution in [-0.4, -0.2) is 27.1 Å². The third-order valence-corrected chi connectivity index (χ3v) is 7.05. The molecule has 33 heavy (non-hydrogen) atoms. The summed E-state index contributed by atoms with van der Waals surface area (Å²) in [6, 6.07) is 22.5. The van der Waals surface area contributed by atoms with Crippen LogP contribution in [0.5, 0.6) is 0 Å². The normalized spacial score (nSPS) is 16.9. The lowest BCUT2D eigenvalue weighted by Gasteiger charge is -2.16. The molecule has 1 unspecified atom stereocenters. The molecule has 1 atom stereocenters. The number of aryl methyl sites for hydroxylation is 1. The van der Waals surface area contributed by atoms with Crippen molar-refractivity contribution >= 4 is 63.3 Å². The maximum atomic E-state index is 13.3. The fourth-order valence-electron chi connectivity index (χ4n) is 3.34. The number of carbonyl (C=O) groups excluding carboxylic acids is 2. The Morgan fingerprint density at radius 3 is 2.48 bits per heavy atom. The highest BCUT2D eigenvalue weighted by atomic mass is 35.5. The molecule has 1 N–H and O–H groups in total. The molecule has 4 rings (SSSR count). The summed E-state index contributed by atoms with van der Waals surface area (Å²) in [6.45, 7) is 2.39. The minimum atomic E-state index is -0.587. The number of anilines is 1. The predicted octanol–water partition coefficient (Wildman–Crippen LogP) is 6.46. The van der Waals surface area contributed by atoms with E-state index in [4.69, 9.17) is 28.2 Å². The Morgan fingerprint density at radius 1 is 1.03 bits per heavy atom. The van der Waals surface area contributed by atoms with Gasteiger partial charge in [-0.15, -0.1) is 0 Å². The van der Waals surface area contributed by atoms with Gasteiger partial charge >= 0.3 is 0 Å². The minimum Gasteiger partial charge on any atom is -0.325 e. The molecule has 3 aromatic carbocycles. The maximum absolute atomic E-state index is 13.3. The zero-order valence-corrected chi connectivity index (χ0v) is 20.1. The molecule has 0 aliphatic carbocycles. The average molecular weight is 498 g/mol. The van der Waals surface area contributed by atoms with Gasteiger partial charge in [0.2, 0.25) is 11.8 Å². The van der Waals surface area contributed by atoms with E-state index in [9.17, 15) is 9.59 Å². The van der Waals surface area contributed by atoms with Crippen LogP contribution in [-0.2, 0) is 16.1 Å². The monoisotopic (exact) mass is 497 g/mol. The second kappa shape index (κ2) is 10.4. The highest BCUT2D eigenvalue weighted by Gasteiger charge is 2.39. The smallest absolute Gasteiger partial charge is 0.242 e. The SMILES string of the molecule is Cc1ccc(N=C2SC(CC(=O)Nc3cccc(Cl)c3Cl)C(=O)N2Cc2ccccc2)cc1. The van der Waals surface area contributed by atoms with Crippen molar-refractivity contribution in [3.63, 3.8) is 0 Å². The van der Waals surface area contributed by atoms with Gasteiger partial charge in [0.25, 0.3) is 0 Å². The first kappa shape index (κ1) is 23.4. The van der Waals surface area contributed by atoms with Crippen LogP contribution in [0, 0.1) is 6.92 Å². The van der Waals surface area contributed by atoms with Gasteiger partial charge in [0.05, 0.1) is 28.0 Å². The van der Waals surface area contributed by atoms with Crippen molar-refractivity contribution in [3.05, 3.63) is 94.0 Å². The summed E-state index contributed by atoms with van der Waals surface area (Å²) in [6.07, 6.45) is -0.00938. The Labute approximate surface area is 206 Å². The lowest BCUT2D eigenvalue weighted by atomic mass is 10.2. The summed E-state index contributed by atoms with van der Waals surface area (Å²) in [5.74, 6) is -0.469. The van der Waals surface area contributed by atoms with Crippen LogP contribution in [0.1, 0.15) is 17.5 Å². The van der Waals surface area contributed by atoms with Crippen LogP contribution < -0.4 is 5.32 Å². The molecule has 8 heteroatoms. The first-order valence-electron chi connectivity index (χ1n) is 10.3. The van der Waals surface area contributed by atoms with E-state index < -0.39 is 5.25 Å². The number of hydrogen-bond donors (Lipinski definition) is 1. The van der Waals surface area contributed by atoms with Crippen molar-refractivity contribution in [1.82, 2.24) is 4.90 Å². The number of nitrogens with zero attached hydrogens (tertiary/aromatic N) is 2. The molecular weight excluding hydrogens is 477 g/mol. The standard InChI is InChI=1S/C25H21Cl2N3O2S/c1-16-10-12-18(13-11-16)28-25-30(15-17-6-3-2-4-7-17)24(32)21(33-25)14-22(31)29-20-9-5-8-19(26)23(20)27/h2-13,21H,14-15H2,1H3,(H,29,31). The number of rotatable bonds is 6. The number of halogens is 2. The molecule has 1 aliphatic rings. The fraction of sp³-hybridized carbons (Fsp3) is 0.160. The molecule has 1 aliphatic heterocycles. The van der Waals surface area contributed by atoms with Crippen LogP contribution in [0.3, 0.4) is 0 Å². The number of benzene rings is 3. The number of amides is 2. The minimum absolute atomic E-state index is 0.00938. The Hall–Kier alpha value is -2.80. The average Bonchev–Trinajstić information content (AvgIpc) is 3.08. The van der Waals surface area contributed by atoms with Crippen LogP contribution >= 0.6 is 35.0 Å². The third kappa shape index (κ3) is 5.77. The van der Waals surface area contributed by atoms with Gasteiger partial charge in [0, 0.05) is 6.42 Å². The van der Waals surface area contributed by atoms with Crippen molar-refractivity contribution in [2.45, 2.75) is 25.1 Å². The Balaban J connectivity index is 1.54. The van der Waals surface area contributed by atoms with Gasteiger partial charge in [-0.25, -0.2) is 4.99 Å². The van der Waals surface area contributed by atoms with Crippen LogP contribution in [0.15, 0.2) is 77.8 Å². The van der Waals surface area contributed by atoms with Gasteiger partial charge < -0.3 is 5.32 Å². The van der Waals surface area contributed by atoms with E-state index in [1.165, 1.54) is 11.8 Å². The summed E-state index contributed by atoms with van der Waals surface area (Å²) in [4.78, 5) is 32.3. The highest BCUT2D eigenvalue weighted by Crippen LogP contribution is 2.34. The predicted molar refractivity (Wildman–Crippen MR) is 136 cm³/mol. The van der Waals surface area contributed by atoms with Gasteiger partial charge in [-0.05, 0) is 36.8 Å². The number of thioether (sulfide) groups is 1. The Kier molecular flexibility index (Phi) is 7.38. The summed E-state index contributed by atoms with van der Waals surface area (Å²) < 4.78 is 0. The summed E-state index contributed by atoms with van der Waals surface area (Å²) in [7, 11) is 0. The third-order valence-electron chi connectivity index (χ3n) is 5.06. The molecule has 0 saturated carbocycles. The first-order valence-corrected chi connectivity index (χ1v) is 12.0. The fourth-order valence-corrected chi connectivity index (χ4v) is 4.84. The van der Waals surface area contributed by atoms with Crippen LogP contribution in [0.4, 0.5) is 11.4 Å². The lowest BCUT2D eigenvalue weighted by molar-refractivity contribution is -0.128. The molecule has 0 bridgehead atoms. The maximum Gasteiger partial charge on any atom is 0.242 e. The zero-order valence-electron chi connectivity index (χ0n) is 17.8. The van der Waals surface area contributed by atoms with E-state index in [1.54, 1.807) is 23.1 Å². The number of amidine groups is 1. The molecule has 1 heterocycles. The zero-order chi connectivity index (χ0) is 23.4. The molecular formula is C25H21Cl2N3O2S. The van der Waals surface area contributed by atoms with Crippen molar-refractivity contribution in [3.8, 4) is 0 Å². The van der Waals surface area contributed by atoms with E-state index in [2.05, 4.69) is 5.32 Å². The summed E-state index contributed by atoms with van der Waals surface area (Å²) >= 11 is 13.5. The number of aliphatic imine (C=N–C) groups is 1. The van der Waals surface area contributed by atoms with Gasteiger partial charge in [-0.1, -0.05) is 89.1 Å². The van der Waals surface area contributed by atoms with Gasteiger partial charge in [-0.2, -0.15) is 0 Å². The number of hydrogen-bond acceptors (Lipinski definition) is 4. The largest absolute Gasteiger partial charge is 0.325 e. The van der Waals surface area contributed by atoms with Crippen LogP contribution in [0.2, 0.25) is 10.0 Å². The molecule has 168 valence electrons. The van der Waals surface area contributed by atoms with Gasteiger partial charge in [0.15, 0.2) is 5.17 Å². The Bertz CT molecular complexity index is 1200. The molecule has 5 nitrogen and oxygen atoms in total. The van der Waals surface area contributed by atoms with Crippen molar-refractivity contribution in [1.29, 1.82) is 0 Å². The van der Waals surface area contributed by atoms with Gasteiger partial charge in [0.1, 0.15) is 5.25 Å². The summed E-state index contributed by atoms with van der Waals surface area (Å²) in [5.41, 5.74) is 3.28. The lowest BCUT2D eigenvalue weighted by Crippen LogP contribution is -2.33. The molecule has 2 amide bonds. The topological polar surface area (TPSA) is 61.8 Å². The number of nitrogens with one attached hydrogen (secondary N) is 1.